The molecular weight excluding hydrogens is 675 g/mol. The largest absolute Gasteiger partial charge is 0.472 e. The first kappa shape index (κ1) is 48.7. The maximum absolute atomic E-state index is 12.5. The zero-order chi connectivity index (χ0) is 38.2. The van der Waals surface area contributed by atoms with Crippen LogP contribution in [0.25, 0.3) is 0 Å². The van der Waals surface area contributed by atoms with Crippen LogP contribution in [-0.4, -0.2) is 42.8 Å². The number of unbranched alkanes of at least 4 members (excludes halogenated alkanes) is 3. The highest BCUT2D eigenvalue weighted by Gasteiger charge is 2.25. The second-order valence-electron chi connectivity index (χ2n) is 11.8. The molecule has 0 aromatic heterocycles. The van der Waals surface area contributed by atoms with Crippen LogP contribution in [0.2, 0.25) is 0 Å². The van der Waals surface area contributed by atoms with Crippen LogP contribution in [-0.2, 0) is 32.7 Å². The molecule has 2 atom stereocenters. The second kappa shape index (κ2) is 37.5. The van der Waals surface area contributed by atoms with Gasteiger partial charge >= 0.3 is 19.8 Å². The maximum Gasteiger partial charge on any atom is 0.472 e. The van der Waals surface area contributed by atoms with Crippen LogP contribution in [0.15, 0.2) is 109 Å². The van der Waals surface area contributed by atoms with Gasteiger partial charge in [-0.3, -0.25) is 18.6 Å². The number of hydrogen-bond acceptors (Lipinski definition) is 7. The SMILES string of the molecule is CC/C=C\C/C=C\C/C=C\C/C=C\C/C=C\CCCCCC(=O)OC(COC(=O)CC/C=C\C/C=C\C/C=C\C/C=C\CC)COP(=O)(O)OCC. The molecule has 0 saturated heterocycles. The number of hydrogen-bond donors (Lipinski definition) is 1. The lowest BCUT2D eigenvalue weighted by molar-refractivity contribution is -0.161. The van der Waals surface area contributed by atoms with Gasteiger partial charge in [0, 0.05) is 12.8 Å². The summed E-state index contributed by atoms with van der Waals surface area (Å²) in [5, 5.41) is 0. The van der Waals surface area contributed by atoms with Gasteiger partial charge in [0.25, 0.3) is 0 Å². The Morgan fingerprint density at radius 3 is 1.42 bits per heavy atom. The molecule has 9 heteroatoms. The molecule has 0 spiro atoms. The van der Waals surface area contributed by atoms with Gasteiger partial charge in [0.2, 0.25) is 0 Å². The van der Waals surface area contributed by atoms with E-state index >= 15 is 0 Å². The molecule has 0 aliphatic rings. The molecule has 0 aromatic carbocycles. The summed E-state index contributed by atoms with van der Waals surface area (Å²) in [4.78, 5) is 34.6. The fraction of sp³-hybridized carbons (Fsp3) is 0.535. The van der Waals surface area contributed by atoms with Crippen molar-refractivity contribution in [2.24, 2.45) is 0 Å². The van der Waals surface area contributed by atoms with Crippen molar-refractivity contribution in [3.63, 3.8) is 0 Å². The van der Waals surface area contributed by atoms with Crippen LogP contribution >= 0.6 is 7.82 Å². The molecule has 2 unspecified atom stereocenters. The summed E-state index contributed by atoms with van der Waals surface area (Å²) < 4.78 is 32.4. The molecule has 0 fully saturated rings. The van der Waals surface area contributed by atoms with Crippen LogP contribution in [0.1, 0.15) is 124 Å². The minimum absolute atomic E-state index is 0.0237. The topological polar surface area (TPSA) is 108 Å². The number of allylic oxidation sites excluding steroid dienone is 18. The summed E-state index contributed by atoms with van der Waals surface area (Å²) in [5.41, 5.74) is 0. The molecule has 8 nitrogen and oxygen atoms in total. The Balaban J connectivity index is 4.34. The molecule has 0 saturated carbocycles. The van der Waals surface area contributed by atoms with Gasteiger partial charge < -0.3 is 14.4 Å². The summed E-state index contributed by atoms with van der Waals surface area (Å²) in [6.07, 6.45) is 50.2. The van der Waals surface area contributed by atoms with Crippen molar-refractivity contribution in [1.82, 2.24) is 0 Å². The molecule has 0 aliphatic heterocycles. The normalized spacial score (nSPS) is 14.6. The van der Waals surface area contributed by atoms with Crippen molar-refractivity contribution in [3.8, 4) is 0 Å². The number of phosphoric ester groups is 1. The highest BCUT2D eigenvalue weighted by molar-refractivity contribution is 7.47. The summed E-state index contributed by atoms with van der Waals surface area (Å²) in [7, 11) is -4.31. The first-order chi connectivity index (χ1) is 25.3. The Kier molecular flexibility index (Phi) is 35.1. The van der Waals surface area contributed by atoms with Crippen molar-refractivity contribution in [1.29, 1.82) is 0 Å². The first-order valence-corrected chi connectivity index (χ1v) is 20.7. The van der Waals surface area contributed by atoms with E-state index in [1.807, 2.05) is 12.2 Å². The van der Waals surface area contributed by atoms with Gasteiger partial charge in [-0.15, -0.1) is 0 Å². The fourth-order valence-electron chi connectivity index (χ4n) is 4.37. The van der Waals surface area contributed by atoms with Gasteiger partial charge in [-0.2, -0.15) is 0 Å². The molecule has 0 heterocycles. The van der Waals surface area contributed by atoms with Crippen LogP contribution in [0.3, 0.4) is 0 Å². The van der Waals surface area contributed by atoms with Crippen molar-refractivity contribution >= 4 is 19.8 Å². The third-order valence-electron chi connectivity index (χ3n) is 7.09. The Morgan fingerprint density at radius 1 is 0.519 bits per heavy atom. The number of carbonyl (C=O) groups excluding carboxylic acids is 2. The third-order valence-corrected chi connectivity index (χ3v) is 8.15. The van der Waals surface area contributed by atoms with E-state index in [9.17, 15) is 19.0 Å². The second-order valence-corrected chi connectivity index (χ2v) is 13.3. The van der Waals surface area contributed by atoms with Crippen molar-refractivity contribution in [2.45, 2.75) is 130 Å². The van der Waals surface area contributed by atoms with Crippen LogP contribution < -0.4 is 0 Å². The summed E-state index contributed by atoms with van der Waals surface area (Å²) >= 11 is 0. The quantitative estimate of drug-likeness (QED) is 0.0306. The molecule has 292 valence electrons. The van der Waals surface area contributed by atoms with E-state index in [2.05, 4.69) is 111 Å². The average molecular weight is 743 g/mol. The Hall–Kier alpha value is -3.29. The molecular formula is C43H67O8P. The van der Waals surface area contributed by atoms with E-state index < -0.39 is 32.5 Å². The van der Waals surface area contributed by atoms with Gasteiger partial charge in [-0.1, -0.05) is 130 Å². The lowest BCUT2D eigenvalue weighted by Crippen LogP contribution is -2.29. The molecule has 0 aromatic rings. The highest BCUT2D eigenvalue weighted by atomic mass is 31.2. The highest BCUT2D eigenvalue weighted by Crippen LogP contribution is 2.43. The minimum atomic E-state index is -4.31. The maximum atomic E-state index is 12.5. The third kappa shape index (κ3) is 36.5. The van der Waals surface area contributed by atoms with Gasteiger partial charge in [0.15, 0.2) is 6.10 Å². The van der Waals surface area contributed by atoms with Gasteiger partial charge in [0.1, 0.15) is 6.61 Å². The average Bonchev–Trinajstić information content (AvgIpc) is 3.12. The van der Waals surface area contributed by atoms with Gasteiger partial charge in [0.05, 0.1) is 13.2 Å². The van der Waals surface area contributed by atoms with E-state index in [-0.39, 0.29) is 26.1 Å². The zero-order valence-corrected chi connectivity index (χ0v) is 33.1. The smallest absolute Gasteiger partial charge is 0.462 e. The number of esters is 2. The standard InChI is InChI=1S/C43H67O8P/c1-4-7-9-11-13-15-17-19-20-21-22-23-24-26-28-30-32-34-36-38-43(45)51-41(40-50-52(46,47)49-6-3)39-48-42(44)37-35-33-31-29-27-25-18-16-14-12-10-8-5-2/h7-10,13-16,19-20,22-23,25-28,31,33,41H,4-6,11-12,17-18,21,24,29-30,32,34-40H2,1-3H3,(H,46,47)/b9-7-,10-8-,15-13-,16-14-,20-19-,23-22-,27-25-,28-26-,33-31-. The van der Waals surface area contributed by atoms with E-state index in [0.29, 0.717) is 12.8 Å². The van der Waals surface area contributed by atoms with E-state index in [4.69, 9.17) is 18.5 Å². The summed E-state index contributed by atoms with van der Waals surface area (Å²) in [6.45, 7) is 5.07. The Bertz CT molecular complexity index is 1210. The van der Waals surface area contributed by atoms with Crippen LogP contribution in [0.4, 0.5) is 0 Å². The van der Waals surface area contributed by atoms with E-state index in [1.165, 1.54) is 0 Å². The predicted octanol–water partition coefficient (Wildman–Crippen LogP) is 11.9. The van der Waals surface area contributed by atoms with E-state index in [1.54, 1.807) is 6.92 Å². The molecule has 0 rings (SSSR count). The molecule has 1 N–H and O–H groups in total. The van der Waals surface area contributed by atoms with Crippen LogP contribution in [0.5, 0.6) is 0 Å². The van der Waals surface area contributed by atoms with Gasteiger partial charge in [-0.25, -0.2) is 4.57 Å². The predicted molar refractivity (Wildman–Crippen MR) is 216 cm³/mol. The minimum Gasteiger partial charge on any atom is -0.462 e. The van der Waals surface area contributed by atoms with Gasteiger partial charge in [-0.05, 0) is 90.4 Å². The summed E-state index contributed by atoms with van der Waals surface area (Å²) in [6, 6.07) is 0. The lowest BCUT2D eigenvalue weighted by atomic mass is 10.1. The van der Waals surface area contributed by atoms with Crippen molar-refractivity contribution < 1.29 is 37.6 Å². The molecule has 0 amide bonds. The lowest BCUT2D eigenvalue weighted by Gasteiger charge is -2.19. The molecule has 0 bridgehead atoms. The Morgan fingerprint density at radius 2 is 0.962 bits per heavy atom. The van der Waals surface area contributed by atoms with Crippen molar-refractivity contribution in [2.75, 3.05) is 19.8 Å². The summed E-state index contributed by atoms with van der Waals surface area (Å²) in [5.74, 6) is -0.945. The van der Waals surface area contributed by atoms with Crippen molar-refractivity contribution in [3.05, 3.63) is 109 Å². The number of phosphoric acid groups is 1. The number of carbonyl (C=O) groups is 2. The molecule has 0 aliphatic carbocycles. The fourth-order valence-corrected chi connectivity index (χ4v) is 5.13. The Labute approximate surface area is 315 Å². The van der Waals surface area contributed by atoms with Crippen LogP contribution in [0, 0.1) is 0 Å². The zero-order valence-electron chi connectivity index (χ0n) is 32.2. The number of rotatable bonds is 33. The molecule has 0 radical (unpaired) electrons. The first-order valence-electron chi connectivity index (χ1n) is 19.2. The molecule has 52 heavy (non-hydrogen) atoms. The van der Waals surface area contributed by atoms with E-state index in [0.717, 1.165) is 77.0 Å². The monoisotopic (exact) mass is 742 g/mol. The number of ether oxygens (including phenoxy) is 2.